The van der Waals surface area contributed by atoms with E-state index in [0.29, 0.717) is 29.3 Å². The van der Waals surface area contributed by atoms with Gasteiger partial charge < -0.3 is 19.5 Å². The maximum atomic E-state index is 13.3. The molecule has 1 saturated heterocycles. The first kappa shape index (κ1) is 21.9. The smallest absolute Gasteiger partial charge is 0.344 e. The molecule has 170 valence electrons. The van der Waals surface area contributed by atoms with Gasteiger partial charge in [0, 0.05) is 18.2 Å². The number of hydrogen-bond acceptors (Lipinski definition) is 7. The molecule has 2 fully saturated rings. The molecule has 4 rings (SSSR count). The van der Waals surface area contributed by atoms with Crippen LogP contribution in [0.4, 0.5) is 11.4 Å². The number of esters is 1. The Balaban J connectivity index is 1.43. The van der Waals surface area contributed by atoms with E-state index in [1.165, 1.54) is 11.4 Å². The first-order valence-electron chi connectivity index (χ1n) is 10.2. The third kappa shape index (κ3) is 3.75. The summed E-state index contributed by atoms with van der Waals surface area (Å²) >= 11 is 0. The van der Waals surface area contributed by atoms with Crippen LogP contribution in [0, 0.1) is 5.92 Å². The number of hydrogen-bond donors (Lipinski definition) is 1. The lowest BCUT2D eigenvalue weighted by Gasteiger charge is -2.23. The number of carbonyl (C=O) groups is 2. The third-order valence-corrected chi connectivity index (χ3v) is 8.25. The molecule has 1 aliphatic carbocycles. The number of methoxy groups -OCH3 is 1. The highest BCUT2D eigenvalue weighted by atomic mass is 32.2. The van der Waals surface area contributed by atoms with Crippen LogP contribution in [0.15, 0.2) is 48.5 Å². The summed E-state index contributed by atoms with van der Waals surface area (Å²) in [6, 6.07) is 13.1. The Labute approximate surface area is 186 Å². The number of nitrogens with zero attached hydrogens (tertiary/aromatic N) is 1. The van der Waals surface area contributed by atoms with E-state index in [0.717, 1.165) is 0 Å². The Morgan fingerprint density at radius 2 is 1.75 bits per heavy atom. The number of amides is 1. The van der Waals surface area contributed by atoms with Crippen molar-refractivity contribution in [2.45, 2.75) is 18.1 Å². The van der Waals surface area contributed by atoms with Crippen molar-refractivity contribution in [2.75, 3.05) is 36.5 Å². The Kier molecular flexibility index (Phi) is 5.72. The van der Waals surface area contributed by atoms with Crippen LogP contribution in [-0.2, 0) is 24.3 Å². The Hall–Kier alpha value is -3.27. The number of benzene rings is 2. The van der Waals surface area contributed by atoms with Gasteiger partial charge in [0.05, 0.1) is 19.4 Å². The minimum absolute atomic E-state index is 0.218. The number of nitrogens with one attached hydrogen (secondary N) is 1. The fourth-order valence-corrected chi connectivity index (χ4v) is 6.30. The molecule has 32 heavy (non-hydrogen) atoms. The minimum atomic E-state index is -3.87. The quantitative estimate of drug-likeness (QED) is 0.601. The maximum Gasteiger partial charge on any atom is 0.344 e. The lowest BCUT2D eigenvalue weighted by molar-refractivity contribution is -0.145. The highest BCUT2D eigenvalue weighted by Crippen LogP contribution is 2.58. The van der Waals surface area contributed by atoms with Crippen LogP contribution in [0.2, 0.25) is 0 Å². The van der Waals surface area contributed by atoms with Crippen molar-refractivity contribution < 1.29 is 32.2 Å². The number of sulfonamides is 1. The van der Waals surface area contributed by atoms with Gasteiger partial charge in [-0.3, -0.25) is 9.10 Å². The van der Waals surface area contributed by atoms with E-state index in [-0.39, 0.29) is 25.7 Å². The standard InChI is InChI=1S/C22H24N2O7S/c1-3-30-20(25)14-31-19-8-4-16(5-9-19)23-21(26)22-12-15(22)13-24(32(22,27)28)17-6-10-18(29-2)11-7-17/h4-11,15H,3,12-14H2,1-2H3,(H,23,26). The molecule has 2 aliphatic rings. The molecule has 0 bridgehead atoms. The highest BCUT2D eigenvalue weighted by molar-refractivity contribution is 7.95. The molecule has 2 atom stereocenters. The number of anilines is 2. The van der Waals surface area contributed by atoms with E-state index >= 15 is 0 Å². The Bertz CT molecular complexity index is 1120. The maximum absolute atomic E-state index is 13.3. The SMILES string of the molecule is CCOC(=O)COc1ccc(NC(=O)C23CC2CN(c2ccc(OC)cc2)S3(=O)=O)cc1. The van der Waals surface area contributed by atoms with E-state index in [1.54, 1.807) is 55.5 Å². The molecular formula is C22H24N2O7S. The lowest BCUT2D eigenvalue weighted by atomic mass is 10.2. The highest BCUT2D eigenvalue weighted by Gasteiger charge is 2.75. The first-order valence-corrected chi connectivity index (χ1v) is 11.6. The van der Waals surface area contributed by atoms with Crippen molar-refractivity contribution in [3.8, 4) is 11.5 Å². The monoisotopic (exact) mass is 460 g/mol. The average Bonchev–Trinajstić information content (AvgIpc) is 3.48. The summed E-state index contributed by atoms with van der Waals surface area (Å²) in [6.45, 7) is 2.03. The van der Waals surface area contributed by atoms with Crippen LogP contribution in [0.1, 0.15) is 13.3 Å². The van der Waals surface area contributed by atoms with Crippen molar-refractivity contribution in [3.05, 3.63) is 48.5 Å². The van der Waals surface area contributed by atoms with Crippen molar-refractivity contribution >= 4 is 33.3 Å². The second-order valence-electron chi connectivity index (χ2n) is 7.60. The molecule has 1 saturated carbocycles. The van der Waals surface area contributed by atoms with Crippen LogP contribution >= 0.6 is 0 Å². The van der Waals surface area contributed by atoms with Crippen LogP contribution in [0.5, 0.6) is 11.5 Å². The van der Waals surface area contributed by atoms with E-state index in [9.17, 15) is 18.0 Å². The average molecular weight is 461 g/mol. The Morgan fingerprint density at radius 3 is 2.38 bits per heavy atom. The van der Waals surface area contributed by atoms with Crippen molar-refractivity contribution in [1.82, 2.24) is 0 Å². The number of ether oxygens (including phenoxy) is 3. The van der Waals surface area contributed by atoms with E-state index in [4.69, 9.17) is 14.2 Å². The molecule has 10 heteroatoms. The van der Waals surface area contributed by atoms with Crippen LogP contribution in [0.3, 0.4) is 0 Å². The Morgan fingerprint density at radius 1 is 1.09 bits per heavy atom. The molecule has 0 radical (unpaired) electrons. The van der Waals surface area contributed by atoms with Gasteiger partial charge in [-0.1, -0.05) is 0 Å². The van der Waals surface area contributed by atoms with Gasteiger partial charge >= 0.3 is 5.97 Å². The van der Waals surface area contributed by atoms with Gasteiger partial charge in [-0.2, -0.15) is 0 Å². The fourth-order valence-electron chi connectivity index (χ4n) is 3.93. The van der Waals surface area contributed by atoms with Gasteiger partial charge in [-0.05, 0) is 61.9 Å². The second kappa shape index (κ2) is 8.34. The van der Waals surface area contributed by atoms with Crippen molar-refractivity contribution in [1.29, 1.82) is 0 Å². The molecule has 1 heterocycles. The summed E-state index contributed by atoms with van der Waals surface area (Å²) in [5.41, 5.74) is 0.949. The molecule has 1 amide bonds. The summed E-state index contributed by atoms with van der Waals surface area (Å²) in [4.78, 5) is 24.4. The van der Waals surface area contributed by atoms with E-state index < -0.39 is 26.6 Å². The molecule has 2 aromatic carbocycles. The largest absolute Gasteiger partial charge is 0.497 e. The summed E-state index contributed by atoms with van der Waals surface area (Å²) in [6.07, 6.45) is 0.300. The van der Waals surface area contributed by atoms with Gasteiger partial charge in [-0.25, -0.2) is 13.2 Å². The molecular weight excluding hydrogens is 436 g/mol. The molecule has 0 aromatic heterocycles. The van der Waals surface area contributed by atoms with Crippen molar-refractivity contribution in [2.24, 2.45) is 5.92 Å². The zero-order valence-corrected chi connectivity index (χ0v) is 18.6. The predicted molar refractivity (Wildman–Crippen MR) is 117 cm³/mol. The molecule has 1 N–H and O–H groups in total. The predicted octanol–water partition coefficient (Wildman–Crippen LogP) is 2.18. The normalized spacial score (nSPS) is 22.6. The van der Waals surface area contributed by atoms with Gasteiger partial charge in [0.25, 0.3) is 0 Å². The summed E-state index contributed by atoms with van der Waals surface area (Å²) in [7, 11) is -2.34. The zero-order valence-electron chi connectivity index (χ0n) is 17.7. The van der Waals surface area contributed by atoms with Crippen molar-refractivity contribution in [3.63, 3.8) is 0 Å². The molecule has 9 nitrogen and oxygen atoms in total. The molecule has 2 aromatic rings. The summed E-state index contributed by atoms with van der Waals surface area (Å²) < 4.78 is 41.6. The number of rotatable bonds is 8. The molecule has 2 unspecified atom stereocenters. The van der Waals surface area contributed by atoms with E-state index in [2.05, 4.69) is 5.32 Å². The van der Waals surface area contributed by atoms with Gasteiger partial charge in [-0.15, -0.1) is 0 Å². The van der Waals surface area contributed by atoms with Crippen LogP contribution < -0.4 is 19.1 Å². The van der Waals surface area contributed by atoms with Crippen LogP contribution in [-0.4, -0.2) is 51.9 Å². The van der Waals surface area contributed by atoms with Gasteiger partial charge in [0.15, 0.2) is 11.4 Å². The second-order valence-corrected chi connectivity index (χ2v) is 9.72. The topological polar surface area (TPSA) is 111 Å². The fraction of sp³-hybridized carbons (Fsp3) is 0.364. The van der Waals surface area contributed by atoms with E-state index in [1.807, 2.05) is 0 Å². The minimum Gasteiger partial charge on any atom is -0.497 e. The summed E-state index contributed by atoms with van der Waals surface area (Å²) in [5, 5.41) is 2.71. The molecule has 1 aliphatic heterocycles. The number of carbonyl (C=O) groups excluding carboxylic acids is 2. The summed E-state index contributed by atoms with van der Waals surface area (Å²) in [5.74, 6) is -0.229. The lowest BCUT2D eigenvalue weighted by Crippen LogP contribution is -2.42. The zero-order chi connectivity index (χ0) is 22.9. The van der Waals surface area contributed by atoms with Gasteiger partial charge in [0.2, 0.25) is 15.9 Å². The number of fused-ring (bicyclic) bond motifs is 1. The first-order chi connectivity index (χ1) is 15.3. The third-order valence-electron chi connectivity index (χ3n) is 5.70. The van der Waals surface area contributed by atoms with Crippen LogP contribution in [0.25, 0.3) is 0 Å². The van der Waals surface area contributed by atoms with Gasteiger partial charge in [0.1, 0.15) is 11.5 Å². The molecule has 0 spiro atoms.